The molecule has 0 radical (unpaired) electrons. The maximum Gasteiger partial charge on any atom is 0.314 e. The molecule has 158 valence electrons. The highest BCUT2D eigenvalue weighted by molar-refractivity contribution is 6.44. The van der Waals surface area contributed by atoms with Gasteiger partial charge >= 0.3 is 11.8 Å². The summed E-state index contributed by atoms with van der Waals surface area (Å²) in [6.45, 7) is 5.53. The van der Waals surface area contributed by atoms with E-state index in [0.717, 1.165) is 37.6 Å². The van der Waals surface area contributed by atoms with Crippen LogP contribution in [-0.4, -0.2) is 64.4 Å². The number of hydrogen-bond acceptors (Lipinski definition) is 6. The molecular formula is C22H26N4O4. The molecule has 0 unspecified atom stereocenters. The Balaban J connectivity index is 1.45. The van der Waals surface area contributed by atoms with Crippen LogP contribution in [0.25, 0.3) is 0 Å². The lowest BCUT2D eigenvalue weighted by atomic mass is 10.2. The van der Waals surface area contributed by atoms with Crippen LogP contribution in [0.4, 0.5) is 22.7 Å². The van der Waals surface area contributed by atoms with Gasteiger partial charge in [-0.3, -0.25) is 9.59 Å². The van der Waals surface area contributed by atoms with E-state index < -0.39 is 11.8 Å². The Labute approximate surface area is 175 Å². The van der Waals surface area contributed by atoms with E-state index in [1.165, 1.54) is 0 Å². The second kappa shape index (κ2) is 9.60. The smallest absolute Gasteiger partial charge is 0.314 e. The number of anilines is 4. The number of hydrogen-bond donors (Lipinski definition) is 2. The van der Waals surface area contributed by atoms with Gasteiger partial charge in [-0.2, -0.15) is 0 Å². The molecule has 2 amide bonds. The topological polar surface area (TPSA) is 83.1 Å². The monoisotopic (exact) mass is 410 g/mol. The van der Waals surface area contributed by atoms with E-state index in [1.54, 1.807) is 12.1 Å². The first kappa shape index (κ1) is 20.2. The quantitative estimate of drug-likeness (QED) is 0.750. The normalized spacial score (nSPS) is 16.8. The second-order valence-corrected chi connectivity index (χ2v) is 7.14. The number of benzene rings is 2. The number of nitrogens with one attached hydrogen (secondary N) is 2. The molecule has 2 fully saturated rings. The molecule has 30 heavy (non-hydrogen) atoms. The molecule has 0 bridgehead atoms. The number of carbonyl (C=O) groups is 2. The first-order valence-corrected chi connectivity index (χ1v) is 10.2. The Morgan fingerprint density at radius 1 is 0.633 bits per heavy atom. The second-order valence-electron chi connectivity index (χ2n) is 7.14. The van der Waals surface area contributed by atoms with Crippen molar-refractivity contribution in [3.63, 3.8) is 0 Å². The van der Waals surface area contributed by atoms with E-state index in [1.807, 2.05) is 36.4 Å². The zero-order valence-electron chi connectivity index (χ0n) is 16.8. The summed E-state index contributed by atoms with van der Waals surface area (Å²) >= 11 is 0. The van der Waals surface area contributed by atoms with E-state index in [9.17, 15) is 9.59 Å². The summed E-state index contributed by atoms with van der Waals surface area (Å²) in [5.41, 5.74) is 2.99. The van der Waals surface area contributed by atoms with Gasteiger partial charge in [0.2, 0.25) is 0 Å². The zero-order valence-corrected chi connectivity index (χ0v) is 16.8. The highest BCUT2D eigenvalue weighted by Crippen LogP contribution is 2.28. The highest BCUT2D eigenvalue weighted by atomic mass is 16.5. The molecule has 0 atom stereocenters. The summed E-state index contributed by atoms with van der Waals surface area (Å²) in [7, 11) is 0. The number of carbonyl (C=O) groups excluding carboxylic acids is 2. The van der Waals surface area contributed by atoms with Gasteiger partial charge in [-0.25, -0.2) is 0 Å². The molecule has 0 spiro atoms. The zero-order chi connectivity index (χ0) is 20.8. The van der Waals surface area contributed by atoms with Gasteiger partial charge < -0.3 is 29.9 Å². The number of rotatable bonds is 4. The largest absolute Gasteiger partial charge is 0.378 e. The molecule has 2 aliphatic heterocycles. The molecule has 2 aliphatic rings. The minimum absolute atomic E-state index is 0.612. The minimum Gasteiger partial charge on any atom is -0.378 e. The van der Waals surface area contributed by atoms with Crippen LogP contribution >= 0.6 is 0 Å². The van der Waals surface area contributed by atoms with E-state index in [2.05, 4.69) is 20.4 Å². The molecule has 2 saturated heterocycles. The number of morpholine rings is 2. The molecule has 2 heterocycles. The first-order chi connectivity index (χ1) is 14.7. The third kappa shape index (κ3) is 4.72. The Hall–Kier alpha value is -3.10. The molecule has 8 heteroatoms. The lowest BCUT2D eigenvalue weighted by Crippen LogP contribution is -2.38. The Morgan fingerprint density at radius 3 is 1.40 bits per heavy atom. The lowest BCUT2D eigenvalue weighted by Gasteiger charge is -2.31. The number of nitrogens with zero attached hydrogens (tertiary/aromatic N) is 2. The summed E-state index contributed by atoms with van der Waals surface area (Å²) in [5.74, 6) is -1.40. The van der Waals surface area contributed by atoms with Gasteiger partial charge in [-0.05, 0) is 24.3 Å². The summed E-state index contributed by atoms with van der Waals surface area (Å²) in [6, 6.07) is 15.0. The first-order valence-electron chi connectivity index (χ1n) is 10.2. The van der Waals surface area contributed by atoms with E-state index in [4.69, 9.17) is 9.47 Å². The van der Waals surface area contributed by atoms with Crippen LogP contribution in [0.3, 0.4) is 0 Å². The van der Waals surface area contributed by atoms with Crippen molar-refractivity contribution in [2.45, 2.75) is 0 Å². The van der Waals surface area contributed by atoms with Gasteiger partial charge in [0.1, 0.15) is 0 Å². The van der Waals surface area contributed by atoms with Crippen LogP contribution in [0, 0.1) is 0 Å². The fraction of sp³-hybridized carbons (Fsp3) is 0.364. The van der Waals surface area contributed by atoms with Gasteiger partial charge in [0.05, 0.1) is 49.2 Å². The van der Waals surface area contributed by atoms with E-state index in [-0.39, 0.29) is 0 Å². The number of ether oxygens (including phenoxy) is 2. The minimum atomic E-state index is -0.701. The maximum atomic E-state index is 12.6. The summed E-state index contributed by atoms with van der Waals surface area (Å²) in [4.78, 5) is 29.6. The molecule has 2 aromatic carbocycles. The van der Waals surface area contributed by atoms with Crippen molar-refractivity contribution in [1.29, 1.82) is 0 Å². The van der Waals surface area contributed by atoms with E-state index in [0.29, 0.717) is 37.8 Å². The predicted molar refractivity (Wildman–Crippen MR) is 116 cm³/mol. The van der Waals surface area contributed by atoms with Gasteiger partial charge in [0, 0.05) is 26.2 Å². The van der Waals surface area contributed by atoms with Crippen LogP contribution in [-0.2, 0) is 19.1 Å². The van der Waals surface area contributed by atoms with Crippen molar-refractivity contribution in [2.75, 3.05) is 73.0 Å². The molecule has 4 rings (SSSR count). The fourth-order valence-electron chi connectivity index (χ4n) is 3.68. The molecule has 0 saturated carbocycles. The van der Waals surface area contributed by atoms with Crippen molar-refractivity contribution in [2.24, 2.45) is 0 Å². The number of para-hydroxylation sites is 4. The van der Waals surface area contributed by atoms with Crippen molar-refractivity contribution in [3.8, 4) is 0 Å². The Morgan fingerprint density at radius 2 is 1.00 bits per heavy atom. The summed E-state index contributed by atoms with van der Waals surface area (Å²) in [5, 5.41) is 5.52. The molecule has 2 aromatic rings. The van der Waals surface area contributed by atoms with Crippen molar-refractivity contribution in [3.05, 3.63) is 48.5 Å². The highest BCUT2D eigenvalue weighted by Gasteiger charge is 2.21. The molecule has 0 aromatic heterocycles. The van der Waals surface area contributed by atoms with Crippen molar-refractivity contribution >= 4 is 34.6 Å². The van der Waals surface area contributed by atoms with Crippen LogP contribution in [0.1, 0.15) is 0 Å². The molecule has 0 aliphatic carbocycles. The molecule has 2 N–H and O–H groups in total. The van der Waals surface area contributed by atoms with Crippen LogP contribution in [0.5, 0.6) is 0 Å². The molecule has 8 nitrogen and oxygen atoms in total. The molecular weight excluding hydrogens is 384 g/mol. The Bertz CT molecular complexity index is 819. The Kier molecular flexibility index (Phi) is 6.46. The predicted octanol–water partition coefficient (Wildman–Crippen LogP) is 1.94. The average Bonchev–Trinajstić information content (AvgIpc) is 2.81. The summed E-state index contributed by atoms with van der Waals surface area (Å²) in [6.07, 6.45) is 0. The van der Waals surface area contributed by atoms with Gasteiger partial charge in [-0.15, -0.1) is 0 Å². The third-order valence-electron chi connectivity index (χ3n) is 5.21. The number of amides is 2. The SMILES string of the molecule is O=C(Nc1ccccc1N1CCOCC1)C(=O)Nc1ccccc1N1CCOCC1. The van der Waals surface area contributed by atoms with Gasteiger partial charge in [0.15, 0.2) is 0 Å². The van der Waals surface area contributed by atoms with Crippen LogP contribution in [0.15, 0.2) is 48.5 Å². The fourth-order valence-corrected chi connectivity index (χ4v) is 3.68. The maximum absolute atomic E-state index is 12.6. The van der Waals surface area contributed by atoms with Crippen molar-refractivity contribution < 1.29 is 19.1 Å². The summed E-state index contributed by atoms with van der Waals surface area (Å²) < 4.78 is 10.8. The van der Waals surface area contributed by atoms with Gasteiger partial charge in [-0.1, -0.05) is 24.3 Å². The standard InChI is InChI=1S/C22H26N4O4/c27-21(23-17-5-1-3-7-19(17)25-9-13-29-14-10-25)22(28)24-18-6-2-4-8-20(18)26-11-15-30-16-12-26/h1-8H,9-16H2,(H,23,27)(H,24,28). The lowest BCUT2D eigenvalue weighted by molar-refractivity contribution is -0.132. The van der Waals surface area contributed by atoms with Gasteiger partial charge in [0.25, 0.3) is 0 Å². The van der Waals surface area contributed by atoms with E-state index >= 15 is 0 Å². The van der Waals surface area contributed by atoms with Crippen molar-refractivity contribution in [1.82, 2.24) is 0 Å². The average molecular weight is 410 g/mol. The van der Waals surface area contributed by atoms with Crippen LogP contribution in [0.2, 0.25) is 0 Å². The van der Waals surface area contributed by atoms with Crippen LogP contribution < -0.4 is 20.4 Å². The third-order valence-corrected chi connectivity index (χ3v) is 5.21.